The third kappa shape index (κ3) is 9.21. The third-order valence-corrected chi connectivity index (χ3v) is 3.55. The average molecular weight is 227 g/mol. The van der Waals surface area contributed by atoms with Crippen molar-refractivity contribution in [2.45, 2.75) is 78.6 Å². The maximum Gasteiger partial charge on any atom is -0.00772 e. The zero-order valence-corrected chi connectivity index (χ0v) is 11.8. The summed E-state index contributed by atoms with van der Waals surface area (Å²) < 4.78 is 0. The van der Waals surface area contributed by atoms with Crippen LogP contribution in [0.3, 0.4) is 0 Å². The zero-order chi connectivity index (χ0) is 12.2. The van der Waals surface area contributed by atoms with Crippen LogP contribution in [0.15, 0.2) is 0 Å². The summed E-state index contributed by atoms with van der Waals surface area (Å²) in [5.74, 6) is 1.85. The van der Waals surface area contributed by atoms with Crippen molar-refractivity contribution in [2.24, 2.45) is 17.6 Å². The molecule has 0 aromatic heterocycles. The molecular formula is C15H33N. The van der Waals surface area contributed by atoms with E-state index in [-0.39, 0.29) is 0 Å². The van der Waals surface area contributed by atoms with Crippen LogP contribution in [-0.4, -0.2) is 6.54 Å². The van der Waals surface area contributed by atoms with Gasteiger partial charge < -0.3 is 5.73 Å². The van der Waals surface area contributed by atoms with Gasteiger partial charge in [0.25, 0.3) is 0 Å². The summed E-state index contributed by atoms with van der Waals surface area (Å²) >= 11 is 0. The number of nitrogens with two attached hydrogens (primary N) is 1. The van der Waals surface area contributed by atoms with Crippen LogP contribution in [0.5, 0.6) is 0 Å². The summed E-state index contributed by atoms with van der Waals surface area (Å²) in [6.45, 7) is 7.88. The van der Waals surface area contributed by atoms with Gasteiger partial charge in [0.05, 0.1) is 0 Å². The fourth-order valence-electron chi connectivity index (χ4n) is 2.62. The van der Waals surface area contributed by atoms with Gasteiger partial charge in [-0.05, 0) is 37.6 Å². The molecule has 0 radical (unpaired) electrons. The Morgan fingerprint density at radius 2 is 1.62 bits per heavy atom. The second kappa shape index (κ2) is 11.4. The van der Waals surface area contributed by atoms with Gasteiger partial charge in [-0.3, -0.25) is 0 Å². The van der Waals surface area contributed by atoms with Crippen molar-refractivity contribution in [3.8, 4) is 0 Å². The lowest BCUT2D eigenvalue weighted by Crippen LogP contribution is -2.09. The Kier molecular flexibility index (Phi) is 11.4. The first-order valence-corrected chi connectivity index (χ1v) is 7.44. The smallest absolute Gasteiger partial charge is 0.00772 e. The molecule has 0 spiro atoms. The molecule has 2 atom stereocenters. The molecule has 0 aliphatic carbocycles. The Hall–Kier alpha value is -0.0400. The molecule has 0 bridgehead atoms. The third-order valence-electron chi connectivity index (χ3n) is 3.55. The monoisotopic (exact) mass is 227 g/mol. The molecule has 98 valence electrons. The maximum atomic E-state index is 5.60. The van der Waals surface area contributed by atoms with Crippen molar-refractivity contribution < 1.29 is 0 Å². The predicted molar refractivity (Wildman–Crippen MR) is 74.6 cm³/mol. The predicted octanol–water partition coefficient (Wildman–Crippen LogP) is 4.75. The molecule has 0 fully saturated rings. The van der Waals surface area contributed by atoms with Crippen LogP contribution in [0.1, 0.15) is 78.6 Å². The number of rotatable bonds is 11. The van der Waals surface area contributed by atoms with E-state index in [1.165, 1.54) is 57.8 Å². The lowest BCUT2D eigenvalue weighted by atomic mass is 9.86. The van der Waals surface area contributed by atoms with Gasteiger partial charge in [-0.1, -0.05) is 59.3 Å². The van der Waals surface area contributed by atoms with Crippen molar-refractivity contribution in [3.05, 3.63) is 0 Å². The molecule has 1 nitrogen and oxygen atoms in total. The van der Waals surface area contributed by atoms with E-state index in [4.69, 9.17) is 5.73 Å². The zero-order valence-electron chi connectivity index (χ0n) is 11.8. The highest BCUT2D eigenvalue weighted by Gasteiger charge is 2.11. The van der Waals surface area contributed by atoms with Crippen LogP contribution in [-0.2, 0) is 0 Å². The van der Waals surface area contributed by atoms with Crippen LogP contribution in [0, 0.1) is 11.8 Å². The first-order chi connectivity index (χ1) is 7.74. The first kappa shape index (κ1) is 16.0. The van der Waals surface area contributed by atoms with Crippen molar-refractivity contribution in [2.75, 3.05) is 6.54 Å². The Bertz CT molecular complexity index is 133. The van der Waals surface area contributed by atoms with Gasteiger partial charge in [-0.15, -0.1) is 0 Å². The molecule has 0 aromatic carbocycles. The first-order valence-electron chi connectivity index (χ1n) is 7.44. The van der Waals surface area contributed by atoms with E-state index in [1.807, 2.05) is 0 Å². The average Bonchev–Trinajstić information content (AvgIpc) is 2.26. The van der Waals surface area contributed by atoms with E-state index in [0.29, 0.717) is 0 Å². The van der Waals surface area contributed by atoms with Crippen molar-refractivity contribution >= 4 is 0 Å². The van der Waals surface area contributed by atoms with Crippen molar-refractivity contribution in [3.63, 3.8) is 0 Å². The number of hydrogen-bond donors (Lipinski definition) is 1. The lowest BCUT2D eigenvalue weighted by Gasteiger charge is -2.20. The molecular weight excluding hydrogens is 194 g/mol. The summed E-state index contributed by atoms with van der Waals surface area (Å²) in [5.41, 5.74) is 5.60. The van der Waals surface area contributed by atoms with E-state index in [1.54, 1.807) is 0 Å². The number of hydrogen-bond acceptors (Lipinski definition) is 1. The molecule has 1 unspecified atom stereocenters. The van der Waals surface area contributed by atoms with Crippen LogP contribution in [0.25, 0.3) is 0 Å². The highest BCUT2D eigenvalue weighted by molar-refractivity contribution is 4.64. The van der Waals surface area contributed by atoms with Crippen molar-refractivity contribution in [1.82, 2.24) is 0 Å². The molecule has 2 N–H and O–H groups in total. The van der Waals surface area contributed by atoms with E-state index in [9.17, 15) is 0 Å². The molecule has 0 aromatic rings. The molecule has 0 saturated heterocycles. The fourth-order valence-corrected chi connectivity index (χ4v) is 2.62. The Labute approximate surface area is 103 Å². The van der Waals surface area contributed by atoms with Crippen LogP contribution < -0.4 is 5.73 Å². The van der Waals surface area contributed by atoms with Gasteiger partial charge >= 0.3 is 0 Å². The summed E-state index contributed by atoms with van der Waals surface area (Å²) in [5, 5.41) is 0. The molecule has 0 aliphatic heterocycles. The Morgan fingerprint density at radius 1 is 0.875 bits per heavy atom. The summed E-state index contributed by atoms with van der Waals surface area (Å²) in [6, 6.07) is 0. The van der Waals surface area contributed by atoms with Gasteiger partial charge in [-0.2, -0.15) is 0 Å². The van der Waals surface area contributed by atoms with E-state index >= 15 is 0 Å². The minimum atomic E-state index is 0.866. The van der Waals surface area contributed by atoms with Gasteiger partial charge in [0.1, 0.15) is 0 Å². The van der Waals surface area contributed by atoms with Gasteiger partial charge in [0, 0.05) is 0 Å². The molecule has 1 heteroatoms. The second-order valence-corrected chi connectivity index (χ2v) is 5.42. The van der Waals surface area contributed by atoms with Crippen molar-refractivity contribution in [1.29, 1.82) is 0 Å². The van der Waals surface area contributed by atoms with Gasteiger partial charge in [0.15, 0.2) is 0 Å². The summed E-state index contributed by atoms with van der Waals surface area (Å²) in [6.07, 6.45) is 12.3. The SMILES string of the molecule is CCCCC[C@H](C)CC(CCC)CCCN. The molecule has 0 aliphatic rings. The Morgan fingerprint density at radius 3 is 2.19 bits per heavy atom. The van der Waals surface area contributed by atoms with Crippen LogP contribution in [0.4, 0.5) is 0 Å². The summed E-state index contributed by atoms with van der Waals surface area (Å²) in [7, 11) is 0. The normalized spacial score (nSPS) is 15.0. The second-order valence-electron chi connectivity index (χ2n) is 5.42. The quantitative estimate of drug-likeness (QED) is 0.507. The molecule has 0 heterocycles. The minimum absolute atomic E-state index is 0.866. The van der Waals surface area contributed by atoms with E-state index in [2.05, 4.69) is 20.8 Å². The largest absolute Gasteiger partial charge is 0.330 e. The van der Waals surface area contributed by atoms with E-state index < -0.39 is 0 Å². The topological polar surface area (TPSA) is 26.0 Å². The lowest BCUT2D eigenvalue weighted by molar-refractivity contribution is 0.325. The molecule has 0 amide bonds. The van der Waals surface area contributed by atoms with Gasteiger partial charge in [-0.25, -0.2) is 0 Å². The molecule has 0 rings (SSSR count). The fraction of sp³-hybridized carbons (Fsp3) is 1.00. The molecule has 16 heavy (non-hydrogen) atoms. The van der Waals surface area contributed by atoms with Crippen LogP contribution >= 0.6 is 0 Å². The number of unbranched alkanes of at least 4 members (excludes halogenated alkanes) is 2. The van der Waals surface area contributed by atoms with Crippen LogP contribution in [0.2, 0.25) is 0 Å². The van der Waals surface area contributed by atoms with E-state index in [0.717, 1.165) is 18.4 Å². The minimum Gasteiger partial charge on any atom is -0.330 e. The Balaban J connectivity index is 3.68. The summed E-state index contributed by atoms with van der Waals surface area (Å²) in [4.78, 5) is 0. The highest BCUT2D eigenvalue weighted by atomic mass is 14.5. The highest BCUT2D eigenvalue weighted by Crippen LogP contribution is 2.25. The van der Waals surface area contributed by atoms with Gasteiger partial charge in [0.2, 0.25) is 0 Å². The molecule has 0 saturated carbocycles. The standard InChI is InChI=1S/C15H33N/c1-4-6-7-10-14(3)13-15(9-5-2)11-8-12-16/h14-15H,4-13,16H2,1-3H3/t14-,15?/m0/s1. The maximum absolute atomic E-state index is 5.60.